The van der Waals surface area contributed by atoms with Crippen LogP contribution in [0.5, 0.6) is 0 Å². The van der Waals surface area contributed by atoms with Gasteiger partial charge in [0.2, 0.25) is 0 Å². The van der Waals surface area contributed by atoms with E-state index in [0.29, 0.717) is 22.7 Å². The highest BCUT2D eigenvalue weighted by Crippen LogP contribution is 2.31. The Hall–Kier alpha value is -4.30. The zero-order chi connectivity index (χ0) is 31.4. The molecule has 0 aliphatic carbocycles. The standard InChI is InChI=1S/C36H41FN4O3/c1-24-6-15-31(39-34(42)32-23-38-41(36(2,3)4)33(32)27-11-13-30(37)14-12-27)22-29(24)18-21-40-19-16-26(17-20-40)25-7-9-28(10-8-25)35(43)44-5/h6-15,22-23,26H,16-21H2,1-5H3,(H,39,42). The maximum atomic E-state index is 13.7. The molecule has 230 valence electrons. The van der Waals surface area contributed by atoms with Gasteiger partial charge in [-0.25, -0.2) is 9.18 Å². The monoisotopic (exact) mass is 596 g/mol. The van der Waals surface area contributed by atoms with Crippen molar-refractivity contribution in [2.45, 2.75) is 58.4 Å². The number of piperidine rings is 1. The van der Waals surface area contributed by atoms with Crippen LogP contribution in [0, 0.1) is 12.7 Å². The van der Waals surface area contributed by atoms with Crippen molar-refractivity contribution in [2.75, 3.05) is 32.1 Å². The lowest BCUT2D eigenvalue weighted by molar-refractivity contribution is 0.0600. The first-order valence-electron chi connectivity index (χ1n) is 15.2. The van der Waals surface area contributed by atoms with E-state index in [1.54, 1.807) is 18.3 Å². The number of rotatable bonds is 8. The average molecular weight is 597 g/mol. The Labute approximate surface area is 259 Å². The summed E-state index contributed by atoms with van der Waals surface area (Å²) in [7, 11) is 1.40. The maximum Gasteiger partial charge on any atom is 0.337 e. The Balaban J connectivity index is 1.22. The summed E-state index contributed by atoms with van der Waals surface area (Å²) in [4.78, 5) is 27.8. The second-order valence-corrected chi connectivity index (χ2v) is 12.6. The van der Waals surface area contributed by atoms with E-state index < -0.39 is 0 Å². The van der Waals surface area contributed by atoms with Gasteiger partial charge in [0.15, 0.2) is 0 Å². The number of aromatic nitrogens is 2. The number of anilines is 1. The van der Waals surface area contributed by atoms with Crippen LogP contribution in [0.25, 0.3) is 11.3 Å². The number of halogens is 1. The summed E-state index contributed by atoms with van der Waals surface area (Å²) in [5.74, 6) is -0.404. The smallest absolute Gasteiger partial charge is 0.337 e. The van der Waals surface area contributed by atoms with Crippen molar-refractivity contribution in [3.8, 4) is 11.3 Å². The van der Waals surface area contributed by atoms with E-state index in [9.17, 15) is 14.0 Å². The van der Waals surface area contributed by atoms with Crippen molar-refractivity contribution >= 4 is 17.6 Å². The minimum Gasteiger partial charge on any atom is -0.465 e. The van der Waals surface area contributed by atoms with E-state index >= 15 is 0 Å². The Morgan fingerprint density at radius 2 is 1.68 bits per heavy atom. The van der Waals surface area contributed by atoms with Crippen LogP contribution < -0.4 is 5.32 Å². The number of amides is 1. The van der Waals surface area contributed by atoms with E-state index in [-0.39, 0.29) is 23.2 Å². The third-order valence-electron chi connectivity index (χ3n) is 8.46. The predicted molar refractivity (Wildman–Crippen MR) is 172 cm³/mol. The highest BCUT2D eigenvalue weighted by atomic mass is 19.1. The molecule has 1 aromatic heterocycles. The van der Waals surface area contributed by atoms with Gasteiger partial charge in [0.1, 0.15) is 5.82 Å². The van der Waals surface area contributed by atoms with Gasteiger partial charge in [-0.05, 0) is 131 Å². The van der Waals surface area contributed by atoms with Crippen LogP contribution in [0.3, 0.4) is 0 Å². The van der Waals surface area contributed by atoms with Crippen molar-refractivity contribution in [1.82, 2.24) is 14.7 Å². The average Bonchev–Trinajstić information content (AvgIpc) is 3.48. The molecule has 0 bridgehead atoms. The highest BCUT2D eigenvalue weighted by molar-refractivity contribution is 6.08. The lowest BCUT2D eigenvalue weighted by Crippen LogP contribution is -2.34. The molecule has 1 fully saturated rings. The fourth-order valence-electron chi connectivity index (χ4n) is 5.90. The molecule has 2 heterocycles. The second kappa shape index (κ2) is 13.1. The number of ether oxygens (including phenoxy) is 1. The van der Waals surface area contributed by atoms with Crippen LogP contribution in [0.2, 0.25) is 0 Å². The summed E-state index contributed by atoms with van der Waals surface area (Å²) in [6.45, 7) is 11.1. The summed E-state index contributed by atoms with van der Waals surface area (Å²) in [5, 5.41) is 7.62. The fourth-order valence-corrected chi connectivity index (χ4v) is 5.90. The van der Waals surface area contributed by atoms with Crippen molar-refractivity contribution in [1.29, 1.82) is 0 Å². The summed E-state index contributed by atoms with van der Waals surface area (Å²) < 4.78 is 20.3. The molecular weight excluding hydrogens is 555 g/mol. The first kappa shape index (κ1) is 31.1. The van der Waals surface area contributed by atoms with Crippen molar-refractivity contribution in [3.05, 3.63) is 107 Å². The number of nitrogens with one attached hydrogen (secondary N) is 1. The van der Waals surface area contributed by atoms with Gasteiger partial charge in [-0.2, -0.15) is 5.10 Å². The summed E-state index contributed by atoms with van der Waals surface area (Å²) in [6.07, 6.45) is 4.62. The van der Waals surface area contributed by atoms with Crippen LogP contribution in [-0.4, -0.2) is 53.3 Å². The molecule has 0 radical (unpaired) electrons. The number of likely N-dealkylation sites (tertiary alicyclic amines) is 1. The zero-order valence-corrected chi connectivity index (χ0v) is 26.2. The van der Waals surface area contributed by atoms with E-state index in [0.717, 1.165) is 50.1 Å². The van der Waals surface area contributed by atoms with Crippen LogP contribution in [0.1, 0.15) is 76.9 Å². The molecule has 1 saturated heterocycles. The molecule has 1 N–H and O–H groups in total. The minimum atomic E-state index is -0.372. The molecular formula is C36H41FN4O3. The molecule has 5 rings (SSSR count). The number of methoxy groups -OCH3 is 1. The molecule has 4 aromatic rings. The Morgan fingerprint density at radius 3 is 2.32 bits per heavy atom. The number of hydrogen-bond donors (Lipinski definition) is 1. The van der Waals surface area contributed by atoms with Gasteiger partial charge in [-0.15, -0.1) is 0 Å². The zero-order valence-electron chi connectivity index (χ0n) is 26.2. The third-order valence-corrected chi connectivity index (χ3v) is 8.46. The van der Waals surface area contributed by atoms with Gasteiger partial charge in [-0.1, -0.05) is 18.2 Å². The van der Waals surface area contributed by atoms with E-state index in [2.05, 4.69) is 34.4 Å². The minimum absolute atomic E-state index is 0.253. The molecule has 0 atom stereocenters. The van der Waals surface area contributed by atoms with Crippen LogP contribution >= 0.6 is 0 Å². The van der Waals surface area contributed by atoms with Crippen molar-refractivity contribution in [3.63, 3.8) is 0 Å². The van der Waals surface area contributed by atoms with Gasteiger partial charge >= 0.3 is 5.97 Å². The summed E-state index contributed by atoms with van der Waals surface area (Å²) >= 11 is 0. The first-order valence-corrected chi connectivity index (χ1v) is 15.2. The van der Waals surface area contributed by atoms with Crippen LogP contribution in [0.15, 0.2) is 72.9 Å². The quantitative estimate of drug-likeness (QED) is 0.218. The maximum absolute atomic E-state index is 13.7. The van der Waals surface area contributed by atoms with Gasteiger partial charge in [0.25, 0.3) is 5.91 Å². The second-order valence-electron chi connectivity index (χ2n) is 12.6. The molecule has 0 saturated carbocycles. The molecule has 1 aliphatic rings. The summed E-state index contributed by atoms with van der Waals surface area (Å²) in [5.41, 5.74) is 6.44. The molecule has 1 amide bonds. The van der Waals surface area contributed by atoms with Crippen LogP contribution in [-0.2, 0) is 16.7 Å². The molecule has 8 heteroatoms. The Bertz CT molecular complexity index is 1610. The molecule has 0 spiro atoms. The van der Waals surface area contributed by atoms with E-state index in [4.69, 9.17) is 4.74 Å². The van der Waals surface area contributed by atoms with Gasteiger partial charge in [0, 0.05) is 17.8 Å². The van der Waals surface area contributed by atoms with Crippen LogP contribution in [0.4, 0.5) is 10.1 Å². The topological polar surface area (TPSA) is 76.5 Å². The number of esters is 1. The molecule has 1 aliphatic heterocycles. The van der Waals surface area contributed by atoms with Gasteiger partial charge in [-0.3, -0.25) is 9.48 Å². The molecule has 0 unspecified atom stereocenters. The third kappa shape index (κ3) is 7.08. The number of carbonyl (C=O) groups is 2. The summed E-state index contributed by atoms with van der Waals surface area (Å²) in [6, 6.07) is 20.0. The largest absolute Gasteiger partial charge is 0.465 e. The van der Waals surface area contributed by atoms with Gasteiger partial charge in [0.05, 0.1) is 35.7 Å². The molecule has 7 nitrogen and oxygen atoms in total. The fraction of sp³-hybridized carbons (Fsp3) is 0.361. The normalized spacial score (nSPS) is 14.4. The van der Waals surface area contributed by atoms with Crippen molar-refractivity contribution < 1.29 is 18.7 Å². The lowest BCUT2D eigenvalue weighted by atomic mass is 9.89. The molecule has 3 aromatic carbocycles. The van der Waals surface area contributed by atoms with E-state index in [1.807, 2.05) is 55.8 Å². The number of aryl methyl sites for hydroxylation is 1. The highest BCUT2D eigenvalue weighted by Gasteiger charge is 2.26. The number of nitrogens with zero attached hydrogens (tertiary/aromatic N) is 3. The van der Waals surface area contributed by atoms with E-state index in [1.165, 1.54) is 35.9 Å². The molecule has 44 heavy (non-hydrogen) atoms. The predicted octanol–water partition coefficient (Wildman–Crippen LogP) is 7.21. The van der Waals surface area contributed by atoms with Crippen molar-refractivity contribution in [2.24, 2.45) is 0 Å². The lowest BCUT2D eigenvalue weighted by Gasteiger charge is -2.32. The first-order chi connectivity index (χ1) is 21.0. The Morgan fingerprint density at radius 1 is 1.00 bits per heavy atom. The Kier molecular flexibility index (Phi) is 9.30. The number of carbonyl (C=O) groups excluding carboxylic acids is 2. The number of hydrogen-bond acceptors (Lipinski definition) is 5. The number of benzene rings is 3. The van der Waals surface area contributed by atoms with Gasteiger partial charge < -0.3 is 15.0 Å². The SMILES string of the molecule is COC(=O)c1ccc(C2CCN(CCc3cc(NC(=O)c4cnn(C(C)(C)C)c4-c4ccc(F)cc4)ccc3C)CC2)cc1.